The molecule has 0 aliphatic heterocycles. The number of hydrogen-bond acceptors (Lipinski definition) is 3. The fourth-order valence-corrected chi connectivity index (χ4v) is 4.87. The van der Waals surface area contributed by atoms with Crippen LogP contribution in [0.25, 0.3) is 0 Å². The minimum absolute atomic E-state index is 0.0147. The van der Waals surface area contributed by atoms with Crippen molar-refractivity contribution in [2.75, 3.05) is 13.7 Å². The minimum Gasteiger partial charge on any atom is -0.497 e. The lowest BCUT2D eigenvalue weighted by Gasteiger charge is -2.43. The van der Waals surface area contributed by atoms with E-state index in [1.165, 1.54) is 16.7 Å². The van der Waals surface area contributed by atoms with Crippen molar-refractivity contribution in [1.29, 1.82) is 0 Å². The monoisotopic (exact) mass is 422 g/mol. The second kappa shape index (κ2) is 10.5. The first-order valence-corrected chi connectivity index (χ1v) is 11.6. The summed E-state index contributed by atoms with van der Waals surface area (Å²) in [7, 11) is 1.67. The molecule has 31 heavy (non-hydrogen) atoms. The van der Waals surface area contributed by atoms with Crippen molar-refractivity contribution in [2.45, 2.75) is 72.8 Å². The summed E-state index contributed by atoms with van der Waals surface area (Å²) in [6.07, 6.45) is 10.3. The van der Waals surface area contributed by atoms with E-state index in [2.05, 4.69) is 33.8 Å². The summed E-state index contributed by atoms with van der Waals surface area (Å²) in [4.78, 5) is 13.3. The molecule has 0 spiro atoms. The van der Waals surface area contributed by atoms with Crippen LogP contribution in [-0.4, -0.2) is 19.5 Å². The van der Waals surface area contributed by atoms with Gasteiger partial charge in [-0.15, -0.1) is 0 Å². The molecule has 3 nitrogen and oxygen atoms in total. The molecule has 0 N–H and O–H groups in total. The molecule has 0 saturated carbocycles. The molecule has 0 unspecified atom stereocenters. The SMILES string of the molecule is COc1ccc(COCC2=C3CC[C@@H](C)[C@]2(C)CC/C(C)=C/CC/C(C)=C/C3=O)cc1. The highest BCUT2D eigenvalue weighted by atomic mass is 16.5. The molecule has 0 fully saturated rings. The van der Waals surface area contributed by atoms with Crippen molar-refractivity contribution < 1.29 is 14.3 Å². The zero-order valence-corrected chi connectivity index (χ0v) is 19.9. The molecular weight excluding hydrogens is 384 g/mol. The van der Waals surface area contributed by atoms with E-state index >= 15 is 0 Å². The van der Waals surface area contributed by atoms with Crippen molar-refractivity contribution in [1.82, 2.24) is 0 Å². The number of fused-ring (bicyclic) bond motifs is 1. The maximum absolute atomic E-state index is 13.3. The van der Waals surface area contributed by atoms with Crippen molar-refractivity contribution in [3.63, 3.8) is 0 Å². The van der Waals surface area contributed by atoms with Crippen LogP contribution < -0.4 is 4.74 Å². The largest absolute Gasteiger partial charge is 0.497 e. The average molecular weight is 423 g/mol. The molecule has 2 aliphatic carbocycles. The van der Waals surface area contributed by atoms with Crippen molar-refractivity contribution in [2.24, 2.45) is 11.3 Å². The van der Waals surface area contributed by atoms with E-state index < -0.39 is 0 Å². The van der Waals surface area contributed by atoms with Gasteiger partial charge in [0.2, 0.25) is 0 Å². The summed E-state index contributed by atoms with van der Waals surface area (Å²) in [5.41, 5.74) is 5.95. The van der Waals surface area contributed by atoms with E-state index in [1.54, 1.807) is 7.11 Å². The quantitative estimate of drug-likeness (QED) is 0.480. The van der Waals surface area contributed by atoms with Crippen molar-refractivity contribution in [3.05, 3.63) is 64.3 Å². The van der Waals surface area contributed by atoms with Crippen LogP contribution in [0, 0.1) is 11.3 Å². The first-order chi connectivity index (χ1) is 14.8. The maximum atomic E-state index is 13.3. The predicted molar refractivity (Wildman–Crippen MR) is 127 cm³/mol. The number of carbonyl (C=O) groups excluding carboxylic acids is 1. The number of methoxy groups -OCH3 is 1. The summed E-state index contributed by atoms with van der Waals surface area (Å²) in [5, 5.41) is 0. The topological polar surface area (TPSA) is 35.5 Å². The zero-order chi connectivity index (χ0) is 22.4. The molecule has 1 aromatic rings. The van der Waals surface area contributed by atoms with Crippen LogP contribution in [0.5, 0.6) is 5.75 Å². The average Bonchev–Trinajstić information content (AvgIpc) is 2.75. The first-order valence-electron chi connectivity index (χ1n) is 11.6. The number of carbonyl (C=O) groups is 1. The zero-order valence-electron chi connectivity index (χ0n) is 19.9. The molecule has 0 radical (unpaired) electrons. The molecule has 2 atom stereocenters. The third-order valence-electron chi connectivity index (χ3n) is 7.39. The Kier molecular flexibility index (Phi) is 7.94. The number of ether oxygens (including phenoxy) is 2. The van der Waals surface area contributed by atoms with Gasteiger partial charge >= 0.3 is 0 Å². The van der Waals surface area contributed by atoms with Crippen LogP contribution >= 0.6 is 0 Å². The number of hydrogen-bond donors (Lipinski definition) is 0. The van der Waals surface area contributed by atoms with Gasteiger partial charge in [-0.05, 0) is 93.1 Å². The molecule has 3 heteroatoms. The molecule has 2 bridgehead atoms. The molecule has 0 aromatic heterocycles. The van der Waals surface area contributed by atoms with E-state index in [9.17, 15) is 4.79 Å². The Morgan fingerprint density at radius 1 is 1.03 bits per heavy atom. The molecule has 3 rings (SSSR count). The van der Waals surface area contributed by atoms with Gasteiger partial charge in [0.15, 0.2) is 5.78 Å². The van der Waals surface area contributed by atoms with Gasteiger partial charge in [0.05, 0.1) is 20.3 Å². The molecule has 0 amide bonds. The fourth-order valence-electron chi connectivity index (χ4n) is 4.87. The van der Waals surface area contributed by atoms with Crippen LogP contribution in [-0.2, 0) is 16.1 Å². The highest BCUT2D eigenvalue weighted by Crippen LogP contribution is 2.49. The van der Waals surface area contributed by atoms with E-state index in [-0.39, 0.29) is 11.2 Å². The number of ketones is 1. The Bertz CT molecular complexity index is 872. The molecule has 1 aromatic carbocycles. The Hall–Kier alpha value is -2.13. The van der Waals surface area contributed by atoms with Gasteiger partial charge in [0.1, 0.15) is 5.75 Å². The Morgan fingerprint density at radius 3 is 2.48 bits per heavy atom. The third-order valence-corrected chi connectivity index (χ3v) is 7.39. The standard InChI is InChI=1S/C28H38O3/c1-20-7-6-8-21(2)17-27(29)25-14-9-22(3)28(4,16-15-20)26(25)19-31-18-23-10-12-24(30-5)13-11-23/h7,10-13,17,22H,6,8-9,14-16,18-19H2,1-5H3/b20-7+,21-17+/t22-,28+/m1/s1. The second-order valence-corrected chi connectivity index (χ2v) is 9.60. The van der Waals surface area contributed by atoms with Crippen LogP contribution in [0.4, 0.5) is 0 Å². The van der Waals surface area contributed by atoms with Gasteiger partial charge in [-0.2, -0.15) is 0 Å². The molecular formula is C28H38O3. The predicted octanol–water partition coefficient (Wildman–Crippen LogP) is 6.98. The number of allylic oxidation sites excluding steroid dienone is 5. The van der Waals surface area contributed by atoms with Crippen LogP contribution in [0.2, 0.25) is 0 Å². The van der Waals surface area contributed by atoms with Gasteiger partial charge in [0.25, 0.3) is 0 Å². The molecule has 168 valence electrons. The lowest BCUT2D eigenvalue weighted by molar-refractivity contribution is -0.112. The Balaban J connectivity index is 1.89. The number of benzene rings is 1. The molecule has 0 saturated heterocycles. The minimum atomic E-state index is -0.0147. The maximum Gasteiger partial charge on any atom is 0.181 e. The van der Waals surface area contributed by atoms with Crippen LogP contribution in [0.3, 0.4) is 0 Å². The van der Waals surface area contributed by atoms with Crippen molar-refractivity contribution >= 4 is 5.78 Å². The fraction of sp³-hybridized carbons (Fsp3) is 0.536. The normalized spacial score (nSPS) is 28.7. The van der Waals surface area contributed by atoms with Crippen molar-refractivity contribution in [3.8, 4) is 5.75 Å². The molecule has 0 heterocycles. The van der Waals surface area contributed by atoms with Gasteiger partial charge in [-0.3, -0.25) is 4.79 Å². The second-order valence-electron chi connectivity index (χ2n) is 9.60. The highest BCUT2D eigenvalue weighted by Gasteiger charge is 2.40. The van der Waals surface area contributed by atoms with E-state index in [1.807, 2.05) is 30.3 Å². The van der Waals surface area contributed by atoms with Crippen LogP contribution in [0.1, 0.15) is 71.8 Å². The van der Waals surface area contributed by atoms with Crippen LogP contribution in [0.15, 0.2) is 58.7 Å². The van der Waals surface area contributed by atoms with E-state index in [0.29, 0.717) is 19.1 Å². The first kappa shape index (κ1) is 23.5. The summed E-state index contributed by atoms with van der Waals surface area (Å²) in [6, 6.07) is 7.99. The van der Waals surface area contributed by atoms with E-state index in [4.69, 9.17) is 9.47 Å². The lowest BCUT2D eigenvalue weighted by Crippen LogP contribution is -2.36. The summed E-state index contributed by atoms with van der Waals surface area (Å²) in [5.74, 6) is 1.57. The van der Waals surface area contributed by atoms with Gasteiger partial charge in [-0.1, -0.05) is 43.2 Å². The van der Waals surface area contributed by atoms with Gasteiger partial charge in [-0.25, -0.2) is 0 Å². The summed E-state index contributed by atoms with van der Waals surface area (Å²) >= 11 is 0. The Morgan fingerprint density at radius 2 is 1.77 bits per heavy atom. The Labute approximate surface area is 188 Å². The van der Waals surface area contributed by atoms with Gasteiger partial charge < -0.3 is 9.47 Å². The smallest absolute Gasteiger partial charge is 0.181 e. The lowest BCUT2D eigenvalue weighted by atomic mass is 9.62. The third kappa shape index (κ3) is 5.77. The number of rotatable bonds is 5. The highest BCUT2D eigenvalue weighted by molar-refractivity contribution is 6.05. The van der Waals surface area contributed by atoms with E-state index in [0.717, 1.165) is 55.4 Å². The summed E-state index contributed by atoms with van der Waals surface area (Å²) < 4.78 is 11.5. The summed E-state index contributed by atoms with van der Waals surface area (Å²) in [6.45, 7) is 10.1. The van der Waals surface area contributed by atoms with Gasteiger partial charge in [0, 0.05) is 5.57 Å². The molecule has 2 aliphatic rings.